The third-order valence-corrected chi connectivity index (χ3v) is 2.10. The third kappa shape index (κ3) is 3.94. The van der Waals surface area contributed by atoms with Gasteiger partial charge in [0.15, 0.2) is 0 Å². The lowest BCUT2D eigenvalue weighted by Crippen LogP contribution is -2.46. The summed E-state index contributed by atoms with van der Waals surface area (Å²) < 4.78 is 0. The number of carbonyl (C=O) groups excluding carboxylic acids is 2. The first-order chi connectivity index (χ1) is 7.00. The van der Waals surface area contributed by atoms with E-state index in [1.807, 2.05) is 5.32 Å². The van der Waals surface area contributed by atoms with Crippen LogP contribution in [0.4, 0.5) is 4.79 Å². The lowest BCUT2D eigenvalue weighted by atomic mass is 10.2. The number of hydrogen-bond donors (Lipinski definition) is 4. The van der Waals surface area contributed by atoms with E-state index in [9.17, 15) is 14.4 Å². The van der Waals surface area contributed by atoms with E-state index in [0.29, 0.717) is 0 Å². The molecule has 1 saturated carbocycles. The van der Waals surface area contributed by atoms with Gasteiger partial charge >= 0.3 is 12.0 Å². The maximum Gasteiger partial charge on any atom is 0.320 e. The van der Waals surface area contributed by atoms with Crippen LogP contribution in [0.1, 0.15) is 12.8 Å². The molecule has 1 fully saturated rings. The van der Waals surface area contributed by atoms with Crippen molar-refractivity contribution in [2.45, 2.75) is 18.9 Å². The van der Waals surface area contributed by atoms with Crippen LogP contribution in [0, 0.1) is 5.92 Å². The van der Waals surface area contributed by atoms with Crippen molar-refractivity contribution in [2.75, 3.05) is 6.54 Å². The van der Waals surface area contributed by atoms with Crippen LogP contribution in [-0.4, -0.2) is 35.6 Å². The van der Waals surface area contributed by atoms with Gasteiger partial charge in [-0.25, -0.2) is 4.79 Å². The number of carboxylic acid groups (broad SMARTS) is 1. The molecule has 1 unspecified atom stereocenters. The molecule has 7 heteroatoms. The number of urea groups is 1. The van der Waals surface area contributed by atoms with Gasteiger partial charge in [0.2, 0.25) is 5.91 Å². The largest absolute Gasteiger partial charge is 0.480 e. The maximum atomic E-state index is 11.0. The molecule has 5 N–H and O–H groups in total. The Morgan fingerprint density at radius 3 is 2.40 bits per heavy atom. The average molecular weight is 215 g/mol. The molecule has 1 aliphatic carbocycles. The zero-order chi connectivity index (χ0) is 11.4. The highest BCUT2D eigenvalue weighted by molar-refractivity contribution is 5.94. The fourth-order valence-corrected chi connectivity index (χ4v) is 1.27. The molecule has 15 heavy (non-hydrogen) atoms. The van der Waals surface area contributed by atoms with Crippen LogP contribution in [0.5, 0.6) is 0 Å². The number of aliphatic carboxylic acids is 1. The van der Waals surface area contributed by atoms with E-state index in [-0.39, 0.29) is 12.5 Å². The van der Waals surface area contributed by atoms with E-state index in [1.165, 1.54) is 0 Å². The molecule has 1 rings (SSSR count). The van der Waals surface area contributed by atoms with E-state index in [0.717, 1.165) is 12.8 Å². The summed E-state index contributed by atoms with van der Waals surface area (Å²) in [5.41, 5.74) is 4.72. The van der Waals surface area contributed by atoms with Crippen molar-refractivity contribution in [2.24, 2.45) is 11.7 Å². The van der Waals surface area contributed by atoms with E-state index in [1.54, 1.807) is 0 Å². The molecule has 1 aliphatic rings. The number of nitrogens with one attached hydrogen (secondary N) is 2. The molecule has 3 amide bonds. The zero-order valence-electron chi connectivity index (χ0n) is 8.03. The van der Waals surface area contributed by atoms with Crippen molar-refractivity contribution in [1.82, 2.24) is 10.6 Å². The predicted molar refractivity (Wildman–Crippen MR) is 49.9 cm³/mol. The Balaban J connectivity index is 2.30. The normalized spacial score (nSPS) is 16.8. The number of carboxylic acids is 1. The van der Waals surface area contributed by atoms with Gasteiger partial charge in [0.25, 0.3) is 0 Å². The Morgan fingerprint density at radius 1 is 1.40 bits per heavy atom. The fourth-order valence-electron chi connectivity index (χ4n) is 1.27. The highest BCUT2D eigenvalue weighted by atomic mass is 16.4. The Hall–Kier alpha value is -1.63. The van der Waals surface area contributed by atoms with Crippen molar-refractivity contribution in [3.63, 3.8) is 0 Å². The molecule has 0 aromatic carbocycles. The summed E-state index contributed by atoms with van der Waals surface area (Å²) in [6.45, 7) is -0.226. The summed E-state index contributed by atoms with van der Waals surface area (Å²) in [6, 6.07) is -1.66. The summed E-state index contributed by atoms with van der Waals surface area (Å²) in [7, 11) is 0. The second-order valence-electron chi connectivity index (χ2n) is 3.45. The standard InChI is InChI=1S/C8H13N3O4/c9-8(15)11-5(12)3-10-6(7(13)14)4-1-2-4/h4,6,10H,1-3H2,(H,13,14)(H3,9,11,12,15). The van der Waals surface area contributed by atoms with Gasteiger partial charge in [0.1, 0.15) is 6.04 Å². The van der Waals surface area contributed by atoms with Gasteiger partial charge in [-0.3, -0.25) is 20.2 Å². The average Bonchev–Trinajstić information content (AvgIpc) is 2.86. The molecule has 84 valence electrons. The first-order valence-electron chi connectivity index (χ1n) is 4.56. The number of primary amides is 1. The Morgan fingerprint density at radius 2 is 2.00 bits per heavy atom. The van der Waals surface area contributed by atoms with Gasteiger partial charge in [-0.2, -0.15) is 0 Å². The highest BCUT2D eigenvalue weighted by Crippen LogP contribution is 2.32. The molecule has 1 atom stereocenters. The SMILES string of the molecule is NC(=O)NC(=O)CNC(C(=O)O)C1CC1. The molecule has 0 spiro atoms. The van der Waals surface area contributed by atoms with Gasteiger partial charge in [-0.1, -0.05) is 0 Å². The molecule has 7 nitrogen and oxygen atoms in total. The van der Waals surface area contributed by atoms with E-state index in [4.69, 9.17) is 10.8 Å². The molecule has 0 aromatic rings. The molecular weight excluding hydrogens is 202 g/mol. The summed E-state index contributed by atoms with van der Waals surface area (Å²) in [5.74, 6) is -1.53. The Kier molecular flexibility index (Phi) is 3.62. The van der Waals surface area contributed by atoms with Crippen LogP contribution >= 0.6 is 0 Å². The van der Waals surface area contributed by atoms with Crippen LogP contribution in [0.15, 0.2) is 0 Å². The Bertz CT molecular complexity index is 288. The molecule has 0 radical (unpaired) electrons. The summed E-state index contributed by atoms with van der Waals surface area (Å²) in [6.07, 6.45) is 1.70. The minimum atomic E-state index is -0.982. The van der Waals surface area contributed by atoms with Gasteiger partial charge in [-0.15, -0.1) is 0 Å². The number of hydrogen-bond acceptors (Lipinski definition) is 4. The van der Waals surface area contributed by atoms with Crippen LogP contribution in [0.25, 0.3) is 0 Å². The minimum absolute atomic E-state index is 0.0869. The fraction of sp³-hybridized carbons (Fsp3) is 0.625. The number of nitrogens with two attached hydrogens (primary N) is 1. The third-order valence-electron chi connectivity index (χ3n) is 2.10. The van der Waals surface area contributed by atoms with Crippen LogP contribution in [0.2, 0.25) is 0 Å². The van der Waals surface area contributed by atoms with E-state index < -0.39 is 23.9 Å². The number of rotatable bonds is 5. The van der Waals surface area contributed by atoms with Gasteiger partial charge in [-0.05, 0) is 18.8 Å². The number of carbonyl (C=O) groups is 3. The lowest BCUT2D eigenvalue weighted by molar-refractivity contribution is -0.140. The maximum absolute atomic E-state index is 11.0. The summed E-state index contributed by atoms with van der Waals surface area (Å²) in [5, 5.41) is 13.2. The topological polar surface area (TPSA) is 122 Å². The van der Waals surface area contributed by atoms with Gasteiger partial charge in [0, 0.05) is 0 Å². The van der Waals surface area contributed by atoms with Crippen LogP contribution < -0.4 is 16.4 Å². The molecule has 0 aliphatic heterocycles. The molecule has 0 saturated heterocycles. The zero-order valence-corrected chi connectivity index (χ0v) is 8.03. The van der Waals surface area contributed by atoms with Crippen molar-refractivity contribution in [3.8, 4) is 0 Å². The van der Waals surface area contributed by atoms with Crippen LogP contribution in [0.3, 0.4) is 0 Å². The monoisotopic (exact) mass is 215 g/mol. The van der Waals surface area contributed by atoms with E-state index >= 15 is 0 Å². The second kappa shape index (κ2) is 4.74. The van der Waals surface area contributed by atoms with Crippen molar-refractivity contribution in [3.05, 3.63) is 0 Å². The highest BCUT2D eigenvalue weighted by Gasteiger charge is 2.36. The smallest absolute Gasteiger partial charge is 0.320 e. The summed E-state index contributed by atoms with van der Waals surface area (Å²) >= 11 is 0. The number of amides is 3. The van der Waals surface area contributed by atoms with E-state index in [2.05, 4.69) is 5.32 Å². The quantitative estimate of drug-likeness (QED) is 0.451. The van der Waals surface area contributed by atoms with Crippen molar-refractivity contribution < 1.29 is 19.5 Å². The van der Waals surface area contributed by atoms with Gasteiger partial charge < -0.3 is 10.8 Å². The van der Waals surface area contributed by atoms with Crippen molar-refractivity contribution in [1.29, 1.82) is 0 Å². The molecule has 0 aromatic heterocycles. The molecular formula is C8H13N3O4. The minimum Gasteiger partial charge on any atom is -0.480 e. The Labute approximate surface area is 86.0 Å². The number of imide groups is 1. The summed E-state index contributed by atoms with van der Waals surface area (Å²) in [4.78, 5) is 32.0. The van der Waals surface area contributed by atoms with Crippen molar-refractivity contribution >= 4 is 17.9 Å². The predicted octanol–water partition coefficient (Wildman–Crippen LogP) is -1.37. The first-order valence-corrected chi connectivity index (χ1v) is 4.56. The molecule has 0 heterocycles. The van der Waals surface area contributed by atoms with Gasteiger partial charge in [0.05, 0.1) is 6.54 Å². The molecule has 0 bridgehead atoms. The lowest BCUT2D eigenvalue weighted by Gasteiger charge is -2.12. The first kappa shape index (κ1) is 11.4. The second-order valence-corrected chi connectivity index (χ2v) is 3.45. The van der Waals surface area contributed by atoms with Crippen LogP contribution in [-0.2, 0) is 9.59 Å².